The summed E-state index contributed by atoms with van der Waals surface area (Å²) in [5, 5.41) is 10.8. The zero-order chi connectivity index (χ0) is 35.0. The van der Waals surface area contributed by atoms with Gasteiger partial charge in [-0.1, -0.05) is 41.5 Å². The molecular weight excluding hydrogens is 594 g/mol. The molecule has 16 heteroatoms. The van der Waals surface area contributed by atoms with E-state index < -0.39 is 59.7 Å². The summed E-state index contributed by atoms with van der Waals surface area (Å²) in [4.78, 5) is 76.4. The van der Waals surface area contributed by atoms with Gasteiger partial charge in [-0.3, -0.25) is 29.0 Å². The highest BCUT2D eigenvalue weighted by atomic mass is 16.2. The molecule has 0 aliphatic carbocycles. The first-order chi connectivity index (χ1) is 21.5. The number of hydrogen-bond acceptors (Lipinski definition) is 8. The predicted octanol–water partition coefficient (Wildman–Crippen LogP) is -1.10. The van der Waals surface area contributed by atoms with Crippen molar-refractivity contribution in [3.05, 3.63) is 18.2 Å². The summed E-state index contributed by atoms with van der Waals surface area (Å²) < 4.78 is 0. The standard InChI is InChI=1S/C30H55N11O5/c1-16(2)10-20(31)26(43)38-21(8-7-9-36-30(33)34)27(44)40-23(12-18(5)6)28(45)41-24(13-19-14-35-15-37-19)29(46)39-22(25(32)42)11-17(3)4/h14-18,20-24H,7-13,31H2,1-6H3,(H2,32,42)(H,35,37)(H,38,43)(H,39,46)(H,40,44)(H,41,45)(H4,33,34,36)/t20-,21-,22-,23-,24-/m0/s1. The van der Waals surface area contributed by atoms with Crippen molar-refractivity contribution < 1.29 is 24.0 Å². The van der Waals surface area contributed by atoms with Crippen LogP contribution in [-0.4, -0.2) is 82.2 Å². The number of nitrogens with zero attached hydrogens (tertiary/aromatic N) is 2. The molecule has 5 amide bonds. The molecule has 0 aliphatic heterocycles. The van der Waals surface area contributed by atoms with Crippen LogP contribution in [0.2, 0.25) is 0 Å². The van der Waals surface area contributed by atoms with E-state index in [0.717, 1.165) is 0 Å². The number of amides is 5. The number of aliphatic imine (C=N–C) groups is 1. The lowest BCUT2D eigenvalue weighted by atomic mass is 10.00. The van der Waals surface area contributed by atoms with Crippen LogP contribution in [0.3, 0.4) is 0 Å². The van der Waals surface area contributed by atoms with Gasteiger partial charge in [0.2, 0.25) is 29.5 Å². The highest BCUT2D eigenvalue weighted by molar-refractivity contribution is 5.95. The third-order valence-corrected chi connectivity index (χ3v) is 6.96. The number of guanidine groups is 1. The van der Waals surface area contributed by atoms with Gasteiger partial charge in [-0.15, -0.1) is 0 Å². The van der Waals surface area contributed by atoms with Crippen LogP contribution in [0.1, 0.15) is 79.3 Å². The molecule has 0 aromatic carbocycles. The van der Waals surface area contributed by atoms with Crippen molar-refractivity contribution in [1.29, 1.82) is 0 Å². The fourth-order valence-corrected chi connectivity index (χ4v) is 4.73. The van der Waals surface area contributed by atoms with Gasteiger partial charge < -0.3 is 49.2 Å². The van der Waals surface area contributed by atoms with Crippen LogP contribution in [0.5, 0.6) is 0 Å². The maximum Gasteiger partial charge on any atom is 0.243 e. The van der Waals surface area contributed by atoms with Crippen molar-refractivity contribution in [2.24, 2.45) is 45.7 Å². The molecule has 1 heterocycles. The first kappa shape index (κ1) is 39.8. The Balaban J connectivity index is 3.22. The SMILES string of the molecule is CC(C)C[C@H](NC(=O)[C@H](Cc1cnc[nH]1)NC(=O)[C@H](CC(C)C)NC(=O)[C@H](CCCN=C(N)N)NC(=O)[C@@H](N)CC(C)C)C(N)=O. The van der Waals surface area contributed by atoms with Crippen molar-refractivity contribution in [2.45, 2.75) is 110 Å². The molecular formula is C30H55N11O5. The summed E-state index contributed by atoms with van der Waals surface area (Å²) in [5.41, 5.74) is 23.0. The number of aromatic amines is 1. The summed E-state index contributed by atoms with van der Waals surface area (Å²) in [6.07, 6.45) is 4.48. The third kappa shape index (κ3) is 15.7. The molecule has 13 N–H and O–H groups in total. The van der Waals surface area contributed by atoms with Crippen molar-refractivity contribution in [3.8, 4) is 0 Å². The Morgan fingerprint density at radius 2 is 1.24 bits per heavy atom. The van der Waals surface area contributed by atoms with E-state index in [1.165, 1.54) is 12.5 Å². The van der Waals surface area contributed by atoms with E-state index in [2.05, 4.69) is 36.2 Å². The lowest BCUT2D eigenvalue weighted by molar-refractivity contribution is -0.135. The van der Waals surface area contributed by atoms with Crippen LogP contribution in [-0.2, 0) is 30.4 Å². The van der Waals surface area contributed by atoms with E-state index >= 15 is 0 Å². The Labute approximate surface area is 271 Å². The molecule has 46 heavy (non-hydrogen) atoms. The number of nitrogens with one attached hydrogen (secondary N) is 5. The van der Waals surface area contributed by atoms with Gasteiger partial charge in [-0.25, -0.2) is 4.98 Å². The first-order valence-corrected chi connectivity index (χ1v) is 15.8. The number of carbonyl (C=O) groups excluding carboxylic acids is 5. The van der Waals surface area contributed by atoms with Crippen molar-refractivity contribution >= 4 is 35.5 Å². The zero-order valence-electron chi connectivity index (χ0n) is 28.0. The lowest BCUT2D eigenvalue weighted by Crippen LogP contribution is -2.59. The van der Waals surface area contributed by atoms with Gasteiger partial charge in [0.1, 0.15) is 24.2 Å². The average molecular weight is 650 g/mol. The predicted molar refractivity (Wildman–Crippen MR) is 175 cm³/mol. The van der Waals surface area contributed by atoms with Crippen LogP contribution in [0, 0.1) is 17.8 Å². The number of imidazole rings is 1. The average Bonchev–Trinajstić information content (AvgIpc) is 3.45. The molecule has 5 atom stereocenters. The molecule has 260 valence electrons. The molecule has 1 aromatic rings. The molecule has 0 radical (unpaired) electrons. The number of H-pyrrole nitrogens is 1. The first-order valence-electron chi connectivity index (χ1n) is 15.8. The summed E-state index contributed by atoms with van der Waals surface area (Å²) in [6.45, 7) is 11.6. The number of nitrogens with two attached hydrogens (primary N) is 4. The van der Waals surface area contributed by atoms with Gasteiger partial charge in [-0.2, -0.15) is 0 Å². The minimum Gasteiger partial charge on any atom is -0.370 e. The molecule has 1 aromatic heterocycles. The van der Waals surface area contributed by atoms with E-state index in [0.29, 0.717) is 25.0 Å². The summed E-state index contributed by atoms with van der Waals surface area (Å²) in [5.74, 6) is -2.94. The van der Waals surface area contributed by atoms with Gasteiger partial charge >= 0.3 is 0 Å². The fraction of sp³-hybridized carbons (Fsp3) is 0.700. The number of aromatic nitrogens is 2. The Kier molecular flexibility index (Phi) is 17.3. The van der Waals surface area contributed by atoms with E-state index in [1.54, 1.807) is 0 Å². The molecule has 0 saturated carbocycles. The molecule has 0 aliphatic rings. The Bertz CT molecular complexity index is 1150. The minimum absolute atomic E-state index is 0.0319. The number of hydrogen-bond donors (Lipinski definition) is 9. The highest BCUT2D eigenvalue weighted by Gasteiger charge is 2.32. The van der Waals surface area contributed by atoms with Crippen LogP contribution in [0.25, 0.3) is 0 Å². The number of carbonyl (C=O) groups is 5. The third-order valence-electron chi connectivity index (χ3n) is 6.96. The fourth-order valence-electron chi connectivity index (χ4n) is 4.73. The normalized spacial score (nSPS) is 14.6. The molecule has 0 unspecified atom stereocenters. The van der Waals surface area contributed by atoms with Gasteiger partial charge in [0.25, 0.3) is 0 Å². The van der Waals surface area contributed by atoms with E-state index in [4.69, 9.17) is 22.9 Å². The van der Waals surface area contributed by atoms with Crippen LogP contribution >= 0.6 is 0 Å². The summed E-state index contributed by atoms with van der Waals surface area (Å²) in [7, 11) is 0. The van der Waals surface area contributed by atoms with Crippen molar-refractivity contribution in [2.75, 3.05) is 6.54 Å². The maximum atomic E-state index is 13.7. The van der Waals surface area contributed by atoms with E-state index in [-0.39, 0.29) is 49.5 Å². The van der Waals surface area contributed by atoms with Gasteiger partial charge in [-0.05, 0) is 49.9 Å². The Morgan fingerprint density at radius 1 is 0.739 bits per heavy atom. The molecule has 0 saturated heterocycles. The molecule has 0 spiro atoms. The second-order valence-corrected chi connectivity index (χ2v) is 12.9. The summed E-state index contributed by atoms with van der Waals surface area (Å²) in [6, 6.07) is -4.99. The monoisotopic (exact) mass is 649 g/mol. The van der Waals surface area contributed by atoms with Crippen molar-refractivity contribution in [1.82, 2.24) is 31.2 Å². The van der Waals surface area contributed by atoms with Crippen LogP contribution < -0.4 is 44.2 Å². The Morgan fingerprint density at radius 3 is 1.76 bits per heavy atom. The molecule has 0 fully saturated rings. The largest absolute Gasteiger partial charge is 0.370 e. The maximum absolute atomic E-state index is 13.7. The minimum atomic E-state index is -1.13. The van der Waals surface area contributed by atoms with Crippen LogP contribution in [0.15, 0.2) is 17.5 Å². The van der Waals surface area contributed by atoms with Gasteiger partial charge in [0, 0.05) is 24.9 Å². The topological polar surface area (TPSA) is 279 Å². The quantitative estimate of drug-likeness (QED) is 0.0443. The van der Waals surface area contributed by atoms with Gasteiger partial charge in [0.15, 0.2) is 5.96 Å². The molecule has 0 bridgehead atoms. The lowest BCUT2D eigenvalue weighted by Gasteiger charge is -2.27. The van der Waals surface area contributed by atoms with Crippen molar-refractivity contribution in [3.63, 3.8) is 0 Å². The second kappa shape index (κ2) is 20.0. The highest BCUT2D eigenvalue weighted by Crippen LogP contribution is 2.11. The second-order valence-electron chi connectivity index (χ2n) is 12.9. The molecule has 16 nitrogen and oxygen atoms in total. The number of rotatable bonds is 21. The van der Waals surface area contributed by atoms with E-state index in [9.17, 15) is 24.0 Å². The number of primary amides is 1. The zero-order valence-corrected chi connectivity index (χ0v) is 28.0. The Hall–Kier alpha value is -4.21. The summed E-state index contributed by atoms with van der Waals surface area (Å²) >= 11 is 0. The van der Waals surface area contributed by atoms with E-state index in [1.807, 2.05) is 41.5 Å². The van der Waals surface area contributed by atoms with Crippen LogP contribution in [0.4, 0.5) is 0 Å². The molecule has 1 rings (SSSR count). The van der Waals surface area contributed by atoms with Gasteiger partial charge in [0.05, 0.1) is 12.4 Å². The smallest absolute Gasteiger partial charge is 0.243 e.